The first kappa shape index (κ1) is 7.15. The van der Waals surface area contributed by atoms with E-state index in [-0.39, 0.29) is 5.91 Å². The first-order chi connectivity index (χ1) is 4.80. The van der Waals surface area contributed by atoms with Gasteiger partial charge in [-0.1, -0.05) is 12.2 Å². The second kappa shape index (κ2) is 3.27. The van der Waals surface area contributed by atoms with Crippen LogP contribution in [0.4, 0.5) is 0 Å². The Hall–Kier alpha value is -0.960. The second-order valence-electron chi connectivity index (χ2n) is 1.76. The van der Waals surface area contributed by atoms with Crippen molar-refractivity contribution in [1.82, 2.24) is 0 Å². The maximum absolute atomic E-state index is 10.6. The van der Waals surface area contributed by atoms with E-state index in [1.807, 2.05) is 11.5 Å². The Morgan fingerprint density at radius 3 is 3.00 bits per heavy atom. The van der Waals surface area contributed by atoms with Gasteiger partial charge in [0.15, 0.2) is 0 Å². The number of nitrogens with two attached hydrogens (primary N) is 1. The number of rotatable bonds is 1. The number of carbonyl (C=O) groups is 1. The molecule has 1 rings (SSSR count). The standard InChI is InChI=1S/C7H7NOS/c8-7(9)6-3-1-2-4-10-5-6/h1-5H,(H2,8,9). The van der Waals surface area contributed by atoms with Gasteiger partial charge in [0.2, 0.25) is 5.91 Å². The third-order valence-electron chi connectivity index (χ3n) is 1.02. The van der Waals surface area contributed by atoms with Gasteiger partial charge in [0.05, 0.1) is 0 Å². The minimum Gasteiger partial charge on any atom is -0.366 e. The summed E-state index contributed by atoms with van der Waals surface area (Å²) in [6.07, 6.45) is 5.34. The van der Waals surface area contributed by atoms with Crippen molar-refractivity contribution < 1.29 is 4.79 Å². The first-order valence-corrected chi connectivity index (χ1v) is 3.73. The summed E-state index contributed by atoms with van der Waals surface area (Å²) in [6.45, 7) is 0. The van der Waals surface area contributed by atoms with Crippen LogP contribution in [0.5, 0.6) is 0 Å². The Bertz CT molecular complexity index is 228. The van der Waals surface area contributed by atoms with Crippen LogP contribution in [0.3, 0.4) is 0 Å². The summed E-state index contributed by atoms with van der Waals surface area (Å²) >= 11 is 1.45. The molecule has 0 bridgehead atoms. The van der Waals surface area contributed by atoms with Gasteiger partial charge in [-0.05, 0) is 16.9 Å². The van der Waals surface area contributed by atoms with Gasteiger partial charge < -0.3 is 5.73 Å². The van der Waals surface area contributed by atoms with E-state index in [2.05, 4.69) is 0 Å². The molecule has 0 saturated heterocycles. The third kappa shape index (κ3) is 1.77. The van der Waals surface area contributed by atoms with Gasteiger partial charge in [-0.2, -0.15) is 0 Å². The molecule has 10 heavy (non-hydrogen) atoms. The molecule has 1 aliphatic heterocycles. The van der Waals surface area contributed by atoms with Crippen molar-refractivity contribution >= 4 is 17.7 Å². The Balaban J connectivity index is 2.78. The predicted molar refractivity (Wildman–Crippen MR) is 43.1 cm³/mol. The van der Waals surface area contributed by atoms with Crippen molar-refractivity contribution in [1.29, 1.82) is 0 Å². The average molecular weight is 153 g/mol. The smallest absolute Gasteiger partial charge is 0.249 e. The van der Waals surface area contributed by atoms with E-state index in [1.54, 1.807) is 17.6 Å². The Morgan fingerprint density at radius 2 is 2.30 bits per heavy atom. The lowest BCUT2D eigenvalue weighted by molar-refractivity contribution is -0.114. The Kier molecular flexibility index (Phi) is 2.34. The summed E-state index contributed by atoms with van der Waals surface area (Å²) in [5.74, 6) is -0.382. The lowest BCUT2D eigenvalue weighted by Gasteiger charge is -1.90. The predicted octanol–water partition coefficient (Wildman–Crippen LogP) is 1.17. The Labute approximate surface area is 63.5 Å². The van der Waals surface area contributed by atoms with Gasteiger partial charge in [-0.3, -0.25) is 4.79 Å². The van der Waals surface area contributed by atoms with Crippen molar-refractivity contribution in [2.45, 2.75) is 0 Å². The summed E-state index contributed by atoms with van der Waals surface area (Å²) in [6, 6.07) is 0. The van der Waals surface area contributed by atoms with E-state index in [9.17, 15) is 4.79 Å². The number of thioether (sulfide) groups is 1. The van der Waals surface area contributed by atoms with Gasteiger partial charge in [-0.15, -0.1) is 11.8 Å². The van der Waals surface area contributed by atoms with Gasteiger partial charge in [0.1, 0.15) is 0 Å². The topological polar surface area (TPSA) is 43.1 Å². The van der Waals surface area contributed by atoms with Crippen LogP contribution in [0.1, 0.15) is 0 Å². The molecule has 1 amide bonds. The van der Waals surface area contributed by atoms with Crippen LogP contribution in [-0.4, -0.2) is 5.91 Å². The quantitative estimate of drug-likeness (QED) is 0.614. The monoisotopic (exact) mass is 153 g/mol. The van der Waals surface area contributed by atoms with Gasteiger partial charge in [-0.25, -0.2) is 0 Å². The van der Waals surface area contributed by atoms with E-state index < -0.39 is 0 Å². The van der Waals surface area contributed by atoms with Crippen LogP contribution in [0, 0.1) is 0 Å². The van der Waals surface area contributed by atoms with Crippen LogP contribution < -0.4 is 5.73 Å². The van der Waals surface area contributed by atoms with Crippen molar-refractivity contribution in [2.24, 2.45) is 5.73 Å². The third-order valence-corrected chi connectivity index (χ3v) is 1.73. The molecule has 0 aromatic rings. The molecule has 0 radical (unpaired) electrons. The summed E-state index contributed by atoms with van der Waals surface area (Å²) < 4.78 is 0. The van der Waals surface area contributed by atoms with Gasteiger partial charge >= 0.3 is 0 Å². The molecule has 52 valence electrons. The Morgan fingerprint density at radius 1 is 1.50 bits per heavy atom. The van der Waals surface area contributed by atoms with Gasteiger partial charge in [0.25, 0.3) is 0 Å². The zero-order chi connectivity index (χ0) is 7.40. The minimum atomic E-state index is -0.382. The van der Waals surface area contributed by atoms with E-state index in [0.717, 1.165) is 0 Å². The zero-order valence-corrected chi connectivity index (χ0v) is 6.10. The molecular weight excluding hydrogens is 146 g/mol. The average Bonchev–Trinajstić information content (AvgIpc) is 2.12. The first-order valence-electron chi connectivity index (χ1n) is 2.79. The van der Waals surface area contributed by atoms with Crippen LogP contribution in [-0.2, 0) is 4.79 Å². The van der Waals surface area contributed by atoms with Crippen LogP contribution in [0.25, 0.3) is 0 Å². The molecule has 0 unspecified atom stereocenters. The highest BCUT2D eigenvalue weighted by molar-refractivity contribution is 8.04. The molecule has 0 fully saturated rings. The highest BCUT2D eigenvalue weighted by Gasteiger charge is 1.99. The minimum absolute atomic E-state index is 0.382. The summed E-state index contributed by atoms with van der Waals surface area (Å²) in [4.78, 5) is 10.6. The lowest BCUT2D eigenvalue weighted by atomic mass is 10.2. The van der Waals surface area contributed by atoms with E-state index >= 15 is 0 Å². The summed E-state index contributed by atoms with van der Waals surface area (Å²) in [5, 5.41) is 3.61. The van der Waals surface area contributed by atoms with Crippen molar-refractivity contribution in [3.8, 4) is 0 Å². The van der Waals surface area contributed by atoms with Crippen molar-refractivity contribution in [3.63, 3.8) is 0 Å². The molecular formula is C7H7NOS. The normalized spacial score (nSPS) is 16.2. The molecule has 1 heterocycles. The molecule has 3 heteroatoms. The maximum Gasteiger partial charge on any atom is 0.249 e. The van der Waals surface area contributed by atoms with E-state index in [1.165, 1.54) is 11.8 Å². The van der Waals surface area contributed by atoms with E-state index in [4.69, 9.17) is 5.73 Å². The summed E-state index contributed by atoms with van der Waals surface area (Å²) in [5.41, 5.74) is 5.59. The highest BCUT2D eigenvalue weighted by atomic mass is 32.2. The second-order valence-corrected chi connectivity index (χ2v) is 2.54. The number of primary amides is 1. The number of allylic oxidation sites excluding steroid dienone is 2. The molecule has 2 N–H and O–H groups in total. The molecule has 2 nitrogen and oxygen atoms in total. The fourth-order valence-corrected chi connectivity index (χ4v) is 1.14. The van der Waals surface area contributed by atoms with Crippen LogP contribution in [0.2, 0.25) is 0 Å². The molecule has 0 aromatic heterocycles. The zero-order valence-electron chi connectivity index (χ0n) is 5.28. The SMILES string of the molecule is NC(=O)C1=CSC=CC=C1. The van der Waals surface area contributed by atoms with Crippen molar-refractivity contribution in [2.75, 3.05) is 0 Å². The van der Waals surface area contributed by atoms with Crippen LogP contribution in [0.15, 0.2) is 34.6 Å². The summed E-state index contributed by atoms with van der Waals surface area (Å²) in [7, 11) is 0. The molecule has 0 spiro atoms. The number of carbonyl (C=O) groups excluding carboxylic acids is 1. The maximum atomic E-state index is 10.6. The largest absolute Gasteiger partial charge is 0.366 e. The van der Waals surface area contributed by atoms with E-state index in [0.29, 0.717) is 5.57 Å². The number of amides is 1. The highest BCUT2D eigenvalue weighted by Crippen LogP contribution is 2.12. The molecule has 0 atom stereocenters. The van der Waals surface area contributed by atoms with Crippen LogP contribution >= 0.6 is 11.8 Å². The molecule has 0 aromatic carbocycles. The fourth-order valence-electron chi connectivity index (χ4n) is 0.542. The molecule has 0 aliphatic carbocycles. The molecule has 1 aliphatic rings. The fraction of sp³-hybridized carbons (Fsp3) is 0. The van der Waals surface area contributed by atoms with Crippen molar-refractivity contribution in [3.05, 3.63) is 34.6 Å². The lowest BCUT2D eigenvalue weighted by Crippen LogP contribution is -2.11. The molecule has 0 saturated carbocycles. The number of hydrogen-bond acceptors (Lipinski definition) is 2. The number of hydrogen-bond donors (Lipinski definition) is 1. The van der Waals surface area contributed by atoms with Gasteiger partial charge in [0, 0.05) is 5.57 Å².